The predicted octanol–water partition coefficient (Wildman–Crippen LogP) is 6.53. The largest absolute Gasteiger partial charge is 0.493 e. The van der Waals surface area contributed by atoms with Crippen LogP contribution >= 0.6 is 0 Å². The van der Waals surface area contributed by atoms with Gasteiger partial charge in [-0.3, -0.25) is 9.59 Å². The Morgan fingerprint density at radius 2 is 1.57 bits per heavy atom. The molecule has 1 amide bonds. The normalized spacial score (nSPS) is 10.9. The third kappa shape index (κ3) is 5.67. The summed E-state index contributed by atoms with van der Waals surface area (Å²) >= 11 is 0. The first-order chi connectivity index (χ1) is 20.3. The van der Waals surface area contributed by atoms with Crippen molar-refractivity contribution in [1.29, 1.82) is 0 Å². The van der Waals surface area contributed by atoms with Crippen molar-refractivity contribution in [3.05, 3.63) is 124 Å². The van der Waals surface area contributed by atoms with Crippen molar-refractivity contribution < 1.29 is 27.8 Å². The van der Waals surface area contributed by atoms with E-state index >= 15 is 0 Å². The van der Waals surface area contributed by atoms with Gasteiger partial charge < -0.3 is 23.7 Å². The second-order valence-electron chi connectivity index (χ2n) is 9.41. The lowest BCUT2D eigenvalue weighted by molar-refractivity contribution is 0.0987. The molecule has 5 rings (SSSR count). The predicted molar refractivity (Wildman–Crippen MR) is 157 cm³/mol. The molecule has 0 atom stereocenters. The number of halogens is 2. The summed E-state index contributed by atoms with van der Waals surface area (Å²) in [6, 6.07) is 22.7. The second-order valence-corrected chi connectivity index (χ2v) is 9.41. The minimum atomic E-state index is -0.833. The highest BCUT2D eigenvalue weighted by Gasteiger charge is 2.23. The maximum Gasteiger partial charge on any atom is 0.263 e. The molecule has 0 N–H and O–H groups in total. The molecule has 0 saturated heterocycles. The number of nitrogens with zero attached hydrogens (tertiary/aromatic N) is 2. The van der Waals surface area contributed by atoms with E-state index in [1.54, 1.807) is 47.9 Å². The van der Waals surface area contributed by atoms with Crippen molar-refractivity contribution in [2.24, 2.45) is 0 Å². The number of carbonyl (C=O) groups excluding carboxylic acids is 1. The van der Waals surface area contributed by atoms with Crippen LogP contribution in [-0.2, 0) is 6.61 Å². The molecule has 1 aromatic heterocycles. The SMILES string of the molecule is CCN(C(=O)c1cn(-c2ccc(OC)c(OC)c2)c2cc(OCc3ccccc3)ccc2c1=O)c1cc(F)cc(F)c1. The van der Waals surface area contributed by atoms with Crippen molar-refractivity contribution in [2.45, 2.75) is 13.5 Å². The van der Waals surface area contributed by atoms with Crippen LogP contribution in [0.2, 0.25) is 0 Å². The van der Waals surface area contributed by atoms with Gasteiger partial charge in [-0.1, -0.05) is 30.3 Å². The van der Waals surface area contributed by atoms with Gasteiger partial charge in [-0.15, -0.1) is 0 Å². The van der Waals surface area contributed by atoms with Gasteiger partial charge in [-0.25, -0.2) is 8.78 Å². The van der Waals surface area contributed by atoms with Gasteiger partial charge in [0.2, 0.25) is 5.43 Å². The van der Waals surface area contributed by atoms with Crippen LogP contribution < -0.4 is 24.5 Å². The number of benzene rings is 4. The number of carbonyl (C=O) groups is 1. The molecule has 0 unspecified atom stereocenters. The van der Waals surface area contributed by atoms with Gasteiger partial charge in [-0.05, 0) is 48.9 Å². The number of ether oxygens (including phenoxy) is 3. The molecule has 7 nitrogen and oxygen atoms in total. The van der Waals surface area contributed by atoms with Gasteiger partial charge in [-0.2, -0.15) is 0 Å². The van der Waals surface area contributed by atoms with Gasteiger partial charge in [0.1, 0.15) is 29.6 Å². The highest BCUT2D eigenvalue weighted by molar-refractivity contribution is 6.07. The van der Waals surface area contributed by atoms with Crippen LogP contribution in [0, 0.1) is 11.6 Å². The van der Waals surface area contributed by atoms with Gasteiger partial charge in [0, 0.05) is 47.7 Å². The van der Waals surface area contributed by atoms with Crippen molar-refractivity contribution in [3.8, 4) is 22.9 Å². The van der Waals surface area contributed by atoms with E-state index in [1.165, 1.54) is 20.4 Å². The molecule has 4 aromatic carbocycles. The van der Waals surface area contributed by atoms with E-state index in [1.807, 2.05) is 30.3 Å². The lowest BCUT2D eigenvalue weighted by Gasteiger charge is -2.22. The molecule has 0 aliphatic carbocycles. The van der Waals surface area contributed by atoms with E-state index in [2.05, 4.69) is 0 Å². The van der Waals surface area contributed by atoms with Crippen molar-refractivity contribution in [3.63, 3.8) is 0 Å². The first-order valence-corrected chi connectivity index (χ1v) is 13.2. The van der Waals surface area contributed by atoms with Crippen LogP contribution in [0.25, 0.3) is 16.6 Å². The molecule has 5 aromatic rings. The van der Waals surface area contributed by atoms with Crippen LogP contribution in [-0.4, -0.2) is 31.2 Å². The summed E-state index contributed by atoms with van der Waals surface area (Å²) in [5.74, 6) is -0.907. The summed E-state index contributed by atoms with van der Waals surface area (Å²) in [5, 5.41) is 0.254. The van der Waals surface area contributed by atoms with E-state index < -0.39 is 23.0 Å². The minimum Gasteiger partial charge on any atom is -0.493 e. The highest BCUT2D eigenvalue weighted by atomic mass is 19.1. The lowest BCUT2D eigenvalue weighted by atomic mass is 10.1. The number of aromatic nitrogens is 1. The zero-order chi connectivity index (χ0) is 29.8. The van der Waals surface area contributed by atoms with Crippen LogP contribution in [0.1, 0.15) is 22.8 Å². The van der Waals surface area contributed by atoms with Crippen molar-refractivity contribution in [1.82, 2.24) is 4.57 Å². The first kappa shape index (κ1) is 28.4. The third-order valence-electron chi connectivity index (χ3n) is 6.82. The lowest BCUT2D eigenvalue weighted by Crippen LogP contribution is -2.35. The standard InChI is InChI=1S/C33H28F2N2O5/c1-4-36(25-15-22(34)14-23(35)16-25)33(39)28-19-37(24-10-13-30(40-2)31(17-24)41-3)29-18-26(11-12-27(29)32(28)38)42-20-21-8-6-5-7-9-21/h5-19H,4,20H2,1-3H3. The Morgan fingerprint density at radius 1 is 0.857 bits per heavy atom. The number of hydrogen-bond donors (Lipinski definition) is 0. The number of rotatable bonds is 9. The van der Waals surface area contributed by atoms with E-state index in [-0.39, 0.29) is 23.2 Å². The number of methoxy groups -OCH3 is 2. The Labute approximate surface area is 241 Å². The van der Waals surface area contributed by atoms with Gasteiger partial charge >= 0.3 is 0 Å². The fraction of sp³-hybridized carbons (Fsp3) is 0.152. The second kappa shape index (κ2) is 12.1. The molecule has 0 fully saturated rings. The molecule has 0 spiro atoms. The first-order valence-electron chi connectivity index (χ1n) is 13.2. The third-order valence-corrected chi connectivity index (χ3v) is 6.82. The molecule has 0 saturated carbocycles. The number of amides is 1. The van der Waals surface area contributed by atoms with Crippen LogP contribution in [0.3, 0.4) is 0 Å². The maximum atomic E-state index is 14.0. The van der Waals surface area contributed by atoms with E-state index in [4.69, 9.17) is 14.2 Å². The number of pyridine rings is 1. The molecular weight excluding hydrogens is 542 g/mol. The number of anilines is 1. The summed E-state index contributed by atoms with van der Waals surface area (Å²) < 4.78 is 46.6. The van der Waals surface area contributed by atoms with Crippen LogP contribution in [0.5, 0.6) is 17.2 Å². The molecule has 0 aliphatic rings. The van der Waals surface area contributed by atoms with Gasteiger partial charge in [0.05, 0.1) is 19.7 Å². The fourth-order valence-corrected chi connectivity index (χ4v) is 4.76. The topological polar surface area (TPSA) is 70.0 Å². The average Bonchev–Trinajstić information content (AvgIpc) is 3.00. The summed E-state index contributed by atoms with van der Waals surface area (Å²) in [6.07, 6.45) is 1.42. The van der Waals surface area contributed by atoms with Gasteiger partial charge in [0.25, 0.3) is 5.91 Å². The Balaban J connectivity index is 1.67. The summed E-state index contributed by atoms with van der Waals surface area (Å²) in [7, 11) is 3.03. The molecule has 0 radical (unpaired) electrons. The Kier molecular flexibility index (Phi) is 8.19. The molecule has 0 bridgehead atoms. The number of fused-ring (bicyclic) bond motifs is 1. The highest BCUT2D eigenvalue weighted by Crippen LogP contribution is 2.31. The summed E-state index contributed by atoms with van der Waals surface area (Å²) in [5.41, 5.74) is 1.32. The van der Waals surface area contributed by atoms with Crippen molar-refractivity contribution in [2.75, 3.05) is 25.7 Å². The molecule has 214 valence electrons. The quantitative estimate of drug-likeness (QED) is 0.202. The zero-order valence-electron chi connectivity index (χ0n) is 23.3. The molecule has 1 heterocycles. The minimum absolute atomic E-state index is 0.00169. The van der Waals surface area contributed by atoms with Crippen LogP contribution in [0.15, 0.2) is 95.9 Å². The Hall–Kier alpha value is -5.18. The molecule has 9 heteroatoms. The van der Waals surface area contributed by atoms with Crippen molar-refractivity contribution >= 4 is 22.5 Å². The number of hydrogen-bond acceptors (Lipinski definition) is 5. The zero-order valence-corrected chi connectivity index (χ0v) is 23.3. The summed E-state index contributed by atoms with van der Waals surface area (Å²) in [4.78, 5) is 28.7. The average molecular weight is 571 g/mol. The molecule has 42 heavy (non-hydrogen) atoms. The fourth-order valence-electron chi connectivity index (χ4n) is 4.76. The molecular formula is C33H28F2N2O5. The summed E-state index contributed by atoms with van der Waals surface area (Å²) in [6.45, 7) is 2.05. The Morgan fingerprint density at radius 3 is 2.24 bits per heavy atom. The van der Waals surface area contributed by atoms with E-state index in [9.17, 15) is 18.4 Å². The van der Waals surface area contributed by atoms with Gasteiger partial charge in [0.15, 0.2) is 11.5 Å². The van der Waals surface area contributed by atoms with E-state index in [0.29, 0.717) is 35.1 Å². The molecule has 0 aliphatic heterocycles. The van der Waals surface area contributed by atoms with Crippen LogP contribution in [0.4, 0.5) is 14.5 Å². The smallest absolute Gasteiger partial charge is 0.263 e. The van der Waals surface area contributed by atoms with E-state index in [0.717, 1.165) is 28.7 Å². The monoisotopic (exact) mass is 570 g/mol. The Bertz CT molecular complexity index is 1800. The maximum absolute atomic E-state index is 14.0.